The number of ether oxygens (including phenoxy) is 1. The Kier molecular flexibility index (Phi) is 5.01. The molecule has 18 heavy (non-hydrogen) atoms. The van der Waals surface area contributed by atoms with Crippen molar-refractivity contribution in [1.82, 2.24) is 10.2 Å². The fourth-order valence-electron chi connectivity index (χ4n) is 2.91. The fraction of sp³-hybridized carbons (Fsp3) is 0.929. The Morgan fingerprint density at radius 2 is 2.28 bits per heavy atom. The van der Waals surface area contributed by atoms with E-state index in [4.69, 9.17) is 4.74 Å². The predicted molar refractivity (Wildman–Crippen MR) is 71.5 cm³/mol. The van der Waals surface area contributed by atoms with E-state index in [0.717, 1.165) is 25.9 Å². The van der Waals surface area contributed by atoms with E-state index in [1.807, 2.05) is 11.8 Å². The maximum absolute atomic E-state index is 12.4. The van der Waals surface area contributed by atoms with E-state index in [2.05, 4.69) is 12.2 Å². The molecule has 0 aromatic carbocycles. The van der Waals surface area contributed by atoms with Gasteiger partial charge in [0.1, 0.15) is 0 Å². The first-order valence-electron chi connectivity index (χ1n) is 7.35. The summed E-state index contributed by atoms with van der Waals surface area (Å²) < 4.78 is 5.64. The average molecular weight is 254 g/mol. The number of piperidine rings is 1. The van der Waals surface area contributed by atoms with Crippen molar-refractivity contribution in [3.05, 3.63) is 0 Å². The Hall–Kier alpha value is -0.610. The van der Waals surface area contributed by atoms with Crippen LogP contribution in [0.2, 0.25) is 0 Å². The minimum absolute atomic E-state index is 0.177. The molecular formula is C14H26N2O2. The molecular weight excluding hydrogens is 228 g/mol. The monoisotopic (exact) mass is 254 g/mol. The molecule has 0 aliphatic carbocycles. The zero-order chi connectivity index (χ0) is 13.0. The van der Waals surface area contributed by atoms with Crippen molar-refractivity contribution in [1.29, 1.82) is 0 Å². The minimum Gasteiger partial charge on any atom is -0.375 e. The van der Waals surface area contributed by atoms with Gasteiger partial charge in [-0.25, -0.2) is 0 Å². The molecule has 2 aliphatic rings. The Morgan fingerprint density at radius 1 is 1.44 bits per heavy atom. The first kappa shape index (κ1) is 13.8. The molecule has 2 rings (SSSR count). The Bertz CT molecular complexity index is 277. The molecule has 2 saturated heterocycles. The van der Waals surface area contributed by atoms with E-state index < -0.39 is 0 Å². The number of morpholine rings is 1. The smallest absolute Gasteiger partial charge is 0.224 e. The van der Waals surface area contributed by atoms with Crippen LogP contribution < -0.4 is 5.32 Å². The molecule has 0 bridgehead atoms. The van der Waals surface area contributed by atoms with Crippen LogP contribution in [0.5, 0.6) is 0 Å². The lowest BCUT2D eigenvalue weighted by molar-refractivity contribution is -0.145. The number of carbonyl (C=O) groups excluding carboxylic acids is 1. The highest BCUT2D eigenvalue weighted by atomic mass is 16.5. The van der Waals surface area contributed by atoms with Crippen molar-refractivity contribution in [2.24, 2.45) is 0 Å². The number of hydrogen-bond acceptors (Lipinski definition) is 3. The van der Waals surface area contributed by atoms with Crippen LogP contribution in [-0.2, 0) is 9.53 Å². The van der Waals surface area contributed by atoms with Crippen LogP contribution >= 0.6 is 0 Å². The van der Waals surface area contributed by atoms with Gasteiger partial charge < -0.3 is 15.0 Å². The van der Waals surface area contributed by atoms with E-state index in [-0.39, 0.29) is 12.1 Å². The third kappa shape index (κ3) is 3.45. The lowest BCUT2D eigenvalue weighted by Crippen LogP contribution is -2.52. The van der Waals surface area contributed by atoms with E-state index >= 15 is 0 Å². The van der Waals surface area contributed by atoms with Crippen molar-refractivity contribution in [2.75, 3.05) is 19.7 Å². The molecule has 0 spiro atoms. The summed E-state index contributed by atoms with van der Waals surface area (Å²) >= 11 is 0. The van der Waals surface area contributed by atoms with Crippen molar-refractivity contribution < 1.29 is 9.53 Å². The van der Waals surface area contributed by atoms with Gasteiger partial charge in [-0.15, -0.1) is 0 Å². The van der Waals surface area contributed by atoms with Crippen LogP contribution in [0.15, 0.2) is 0 Å². The predicted octanol–water partition coefficient (Wildman–Crippen LogP) is 1.54. The van der Waals surface area contributed by atoms with Crippen molar-refractivity contribution in [2.45, 2.75) is 64.1 Å². The van der Waals surface area contributed by atoms with Gasteiger partial charge in [-0.1, -0.05) is 13.3 Å². The molecule has 1 amide bonds. The second kappa shape index (κ2) is 6.53. The topological polar surface area (TPSA) is 41.6 Å². The van der Waals surface area contributed by atoms with Gasteiger partial charge in [-0.05, 0) is 32.7 Å². The standard InChI is InChI=1S/C14H26N2O2/c1-3-13-10-18-11(2)9-16(13)14(17)8-12-6-4-5-7-15-12/h11-13,15H,3-10H2,1-2H3. The van der Waals surface area contributed by atoms with Crippen LogP contribution in [0.3, 0.4) is 0 Å². The number of nitrogens with zero attached hydrogens (tertiary/aromatic N) is 1. The van der Waals surface area contributed by atoms with Crippen molar-refractivity contribution in [3.63, 3.8) is 0 Å². The van der Waals surface area contributed by atoms with E-state index in [9.17, 15) is 4.79 Å². The molecule has 0 radical (unpaired) electrons. The van der Waals surface area contributed by atoms with Crippen LogP contribution in [0, 0.1) is 0 Å². The summed E-state index contributed by atoms with van der Waals surface area (Å²) in [6, 6.07) is 0.666. The molecule has 3 atom stereocenters. The third-order valence-corrected chi connectivity index (χ3v) is 4.09. The summed E-state index contributed by atoms with van der Waals surface area (Å²) in [5, 5.41) is 3.45. The van der Waals surface area contributed by atoms with Crippen molar-refractivity contribution >= 4 is 5.91 Å². The Morgan fingerprint density at radius 3 is 2.94 bits per heavy atom. The summed E-state index contributed by atoms with van der Waals surface area (Å²) in [6.45, 7) is 6.69. The Labute approximate surface area is 110 Å². The van der Waals surface area contributed by atoms with Gasteiger partial charge in [0.15, 0.2) is 0 Å². The van der Waals surface area contributed by atoms with Crippen LogP contribution in [0.25, 0.3) is 0 Å². The van der Waals surface area contributed by atoms with Gasteiger partial charge in [0.2, 0.25) is 5.91 Å². The largest absolute Gasteiger partial charge is 0.375 e. The highest BCUT2D eigenvalue weighted by molar-refractivity contribution is 5.77. The summed E-state index contributed by atoms with van der Waals surface area (Å²) in [6.07, 6.45) is 5.46. The number of rotatable bonds is 3. The summed E-state index contributed by atoms with van der Waals surface area (Å²) in [5.74, 6) is 0.302. The lowest BCUT2D eigenvalue weighted by atomic mass is 10.0. The van der Waals surface area contributed by atoms with E-state index in [0.29, 0.717) is 25.0 Å². The third-order valence-electron chi connectivity index (χ3n) is 4.09. The number of nitrogens with one attached hydrogen (secondary N) is 1. The molecule has 1 N–H and O–H groups in total. The highest BCUT2D eigenvalue weighted by Crippen LogP contribution is 2.18. The molecule has 2 heterocycles. The summed E-state index contributed by atoms with van der Waals surface area (Å²) in [7, 11) is 0. The molecule has 4 nitrogen and oxygen atoms in total. The SMILES string of the molecule is CCC1COC(C)CN1C(=O)CC1CCCCN1. The van der Waals surface area contributed by atoms with Gasteiger partial charge in [-0.2, -0.15) is 0 Å². The van der Waals surface area contributed by atoms with Gasteiger partial charge in [0.05, 0.1) is 18.8 Å². The molecule has 3 unspecified atom stereocenters. The Balaban J connectivity index is 1.88. The molecule has 2 aliphatic heterocycles. The molecule has 2 fully saturated rings. The number of amides is 1. The lowest BCUT2D eigenvalue weighted by Gasteiger charge is -2.39. The first-order valence-corrected chi connectivity index (χ1v) is 7.35. The van der Waals surface area contributed by atoms with Gasteiger partial charge in [0, 0.05) is 19.0 Å². The van der Waals surface area contributed by atoms with Gasteiger partial charge >= 0.3 is 0 Å². The minimum atomic E-state index is 0.177. The fourth-order valence-corrected chi connectivity index (χ4v) is 2.91. The maximum atomic E-state index is 12.4. The molecule has 104 valence electrons. The first-order chi connectivity index (χ1) is 8.70. The summed E-state index contributed by atoms with van der Waals surface area (Å²) in [4.78, 5) is 14.5. The maximum Gasteiger partial charge on any atom is 0.224 e. The van der Waals surface area contributed by atoms with E-state index in [1.54, 1.807) is 0 Å². The number of hydrogen-bond donors (Lipinski definition) is 1. The zero-order valence-electron chi connectivity index (χ0n) is 11.7. The van der Waals surface area contributed by atoms with Gasteiger partial charge in [0.25, 0.3) is 0 Å². The van der Waals surface area contributed by atoms with Crippen LogP contribution in [0.1, 0.15) is 46.0 Å². The second-order valence-electron chi connectivity index (χ2n) is 5.60. The summed E-state index contributed by atoms with van der Waals surface area (Å²) in [5.41, 5.74) is 0. The van der Waals surface area contributed by atoms with Gasteiger partial charge in [-0.3, -0.25) is 4.79 Å². The number of carbonyl (C=O) groups is 1. The van der Waals surface area contributed by atoms with E-state index in [1.165, 1.54) is 12.8 Å². The van der Waals surface area contributed by atoms with Crippen molar-refractivity contribution in [3.8, 4) is 0 Å². The molecule has 0 aromatic rings. The molecule has 4 heteroatoms. The quantitative estimate of drug-likeness (QED) is 0.831. The zero-order valence-corrected chi connectivity index (χ0v) is 11.7. The highest BCUT2D eigenvalue weighted by Gasteiger charge is 2.30. The van der Waals surface area contributed by atoms with Crippen LogP contribution in [0.4, 0.5) is 0 Å². The second-order valence-corrected chi connectivity index (χ2v) is 5.60. The molecule has 0 saturated carbocycles. The average Bonchev–Trinajstić information content (AvgIpc) is 2.40. The van der Waals surface area contributed by atoms with Crippen LogP contribution in [-0.4, -0.2) is 48.7 Å². The molecule has 0 aromatic heterocycles. The normalized spacial score (nSPS) is 33.4.